The summed E-state index contributed by atoms with van der Waals surface area (Å²) in [5.41, 5.74) is 7.51. The van der Waals surface area contributed by atoms with Crippen molar-refractivity contribution in [3.63, 3.8) is 0 Å². The van der Waals surface area contributed by atoms with Gasteiger partial charge in [0.15, 0.2) is 0 Å². The van der Waals surface area contributed by atoms with Gasteiger partial charge >= 0.3 is 0 Å². The van der Waals surface area contributed by atoms with Gasteiger partial charge in [0.1, 0.15) is 0 Å². The van der Waals surface area contributed by atoms with E-state index in [2.05, 4.69) is 21.0 Å². The van der Waals surface area contributed by atoms with Gasteiger partial charge in [0.25, 0.3) is 0 Å². The second-order valence-corrected chi connectivity index (χ2v) is 7.45. The Balaban J connectivity index is 2.12. The molecule has 1 aromatic rings. The molecule has 2 atom stereocenters. The Hall–Kier alpha value is 0.310. The molecule has 1 aliphatic heterocycles. The van der Waals surface area contributed by atoms with Crippen LogP contribution in [-0.2, 0) is 11.3 Å². The number of halogens is 1. The number of hydrogen-bond acceptors (Lipinski definition) is 5. The van der Waals surface area contributed by atoms with E-state index in [1.807, 2.05) is 34.4 Å². The molecule has 7 heteroatoms. The van der Waals surface area contributed by atoms with Crippen LogP contribution in [0, 0.1) is 0 Å². The lowest BCUT2D eigenvalue weighted by molar-refractivity contribution is 0.182. The molecule has 18 heavy (non-hydrogen) atoms. The molecule has 2 rings (SSSR count). The van der Waals surface area contributed by atoms with Gasteiger partial charge in [0, 0.05) is 29.6 Å². The van der Waals surface area contributed by atoms with Crippen LogP contribution in [0.3, 0.4) is 0 Å². The van der Waals surface area contributed by atoms with Crippen LogP contribution in [-0.4, -0.2) is 46.0 Å². The lowest BCUT2D eigenvalue weighted by Crippen LogP contribution is -2.31. The number of nitrogens with two attached hydrogens (primary N) is 1. The van der Waals surface area contributed by atoms with Crippen molar-refractivity contribution in [3.05, 3.63) is 16.4 Å². The minimum Gasteiger partial charge on any atom is -0.383 e. The van der Waals surface area contributed by atoms with Crippen LogP contribution >= 0.6 is 39.5 Å². The molecule has 0 bridgehead atoms. The van der Waals surface area contributed by atoms with Crippen molar-refractivity contribution in [2.75, 3.05) is 31.0 Å². The zero-order valence-electron chi connectivity index (χ0n) is 10.3. The van der Waals surface area contributed by atoms with Gasteiger partial charge < -0.3 is 10.5 Å². The highest BCUT2D eigenvalue weighted by molar-refractivity contribution is 9.10. The van der Waals surface area contributed by atoms with Gasteiger partial charge in [-0.2, -0.15) is 28.6 Å². The van der Waals surface area contributed by atoms with Crippen LogP contribution in [0.1, 0.15) is 11.7 Å². The number of hydrogen-bond donors (Lipinski definition) is 1. The van der Waals surface area contributed by atoms with Crippen molar-refractivity contribution in [1.29, 1.82) is 0 Å². The quantitative estimate of drug-likeness (QED) is 0.880. The third kappa shape index (κ3) is 3.45. The van der Waals surface area contributed by atoms with E-state index in [9.17, 15) is 0 Å². The number of rotatable bonds is 5. The molecular formula is C11H18BrN3OS2. The van der Waals surface area contributed by atoms with Crippen LogP contribution in [0.4, 0.5) is 0 Å². The van der Waals surface area contributed by atoms with Gasteiger partial charge in [-0.05, 0) is 15.9 Å². The summed E-state index contributed by atoms with van der Waals surface area (Å²) in [6, 6.07) is 0.0246. The van der Waals surface area contributed by atoms with E-state index in [0.29, 0.717) is 11.9 Å². The fourth-order valence-corrected chi connectivity index (χ4v) is 5.28. The van der Waals surface area contributed by atoms with E-state index in [-0.39, 0.29) is 6.04 Å². The Morgan fingerprint density at radius 2 is 2.50 bits per heavy atom. The first kappa shape index (κ1) is 14.7. The Labute approximate surface area is 125 Å². The average Bonchev–Trinajstić information content (AvgIpc) is 2.77. The first-order valence-corrected chi connectivity index (χ1v) is 8.88. The molecule has 2 unspecified atom stereocenters. The summed E-state index contributed by atoms with van der Waals surface area (Å²) in [6.07, 6.45) is 1.82. The minimum atomic E-state index is 0.0246. The van der Waals surface area contributed by atoms with Crippen molar-refractivity contribution in [2.24, 2.45) is 5.73 Å². The highest BCUT2D eigenvalue weighted by Gasteiger charge is 2.27. The maximum atomic E-state index is 6.42. The summed E-state index contributed by atoms with van der Waals surface area (Å²) in [4.78, 5) is 0. The molecule has 2 N–H and O–H groups in total. The monoisotopic (exact) mass is 351 g/mol. The fraction of sp³-hybridized carbons (Fsp3) is 0.727. The Morgan fingerprint density at radius 3 is 3.17 bits per heavy atom. The minimum absolute atomic E-state index is 0.0246. The summed E-state index contributed by atoms with van der Waals surface area (Å²) >= 11 is 7.52. The van der Waals surface area contributed by atoms with E-state index in [0.717, 1.165) is 22.5 Å². The number of ether oxygens (including phenoxy) is 1. The number of thioether (sulfide) groups is 2. The van der Waals surface area contributed by atoms with Gasteiger partial charge in [-0.15, -0.1) is 0 Å². The fourth-order valence-electron chi connectivity index (χ4n) is 1.95. The van der Waals surface area contributed by atoms with Crippen molar-refractivity contribution in [1.82, 2.24) is 9.78 Å². The summed E-state index contributed by atoms with van der Waals surface area (Å²) in [6.45, 7) is 1.40. The molecule has 0 saturated carbocycles. The predicted molar refractivity (Wildman–Crippen MR) is 82.3 cm³/mol. The summed E-state index contributed by atoms with van der Waals surface area (Å²) in [5, 5.41) is 4.83. The molecule has 0 aliphatic carbocycles. The second kappa shape index (κ2) is 7.19. The molecule has 1 aliphatic rings. The molecule has 0 aromatic carbocycles. The molecule has 102 valence electrons. The first-order valence-electron chi connectivity index (χ1n) is 5.89. The zero-order valence-corrected chi connectivity index (χ0v) is 13.6. The molecule has 1 fully saturated rings. The molecular weight excluding hydrogens is 334 g/mol. The molecule has 1 aromatic heterocycles. The van der Waals surface area contributed by atoms with Gasteiger partial charge in [-0.3, -0.25) is 4.68 Å². The molecule has 1 saturated heterocycles. The highest BCUT2D eigenvalue weighted by atomic mass is 79.9. The summed E-state index contributed by atoms with van der Waals surface area (Å²) in [7, 11) is 1.70. The maximum Gasteiger partial charge on any atom is 0.0706 e. The summed E-state index contributed by atoms with van der Waals surface area (Å²) in [5.74, 6) is 3.54. The molecule has 2 heterocycles. The van der Waals surface area contributed by atoms with Crippen LogP contribution < -0.4 is 5.73 Å². The van der Waals surface area contributed by atoms with E-state index in [4.69, 9.17) is 10.5 Å². The van der Waals surface area contributed by atoms with Crippen molar-refractivity contribution < 1.29 is 4.74 Å². The topological polar surface area (TPSA) is 53.1 Å². The normalized spacial score (nSPS) is 22.1. The predicted octanol–water partition coefficient (Wildman–Crippen LogP) is 2.14. The highest BCUT2D eigenvalue weighted by Crippen LogP contribution is 2.34. The van der Waals surface area contributed by atoms with Crippen LogP contribution in [0.15, 0.2) is 10.7 Å². The molecule has 0 amide bonds. The van der Waals surface area contributed by atoms with Gasteiger partial charge in [0.05, 0.1) is 35.6 Å². The van der Waals surface area contributed by atoms with Crippen LogP contribution in [0.5, 0.6) is 0 Å². The van der Waals surface area contributed by atoms with Crippen molar-refractivity contribution in [3.8, 4) is 0 Å². The number of nitrogens with zero attached hydrogens (tertiary/aromatic N) is 2. The Morgan fingerprint density at radius 1 is 1.67 bits per heavy atom. The van der Waals surface area contributed by atoms with E-state index < -0.39 is 0 Å². The standard InChI is InChI=1S/C11H18BrN3OS2/c1-16-3-2-15-11(8(12)6-14-15)10(13)9-7-17-4-5-18-9/h6,9-10H,2-5,7,13H2,1H3. The lowest BCUT2D eigenvalue weighted by atomic mass is 10.1. The van der Waals surface area contributed by atoms with Crippen LogP contribution in [0.2, 0.25) is 0 Å². The number of aromatic nitrogens is 2. The number of methoxy groups -OCH3 is 1. The molecule has 0 spiro atoms. The van der Waals surface area contributed by atoms with Gasteiger partial charge in [-0.1, -0.05) is 0 Å². The maximum absolute atomic E-state index is 6.42. The third-order valence-corrected chi connectivity index (χ3v) is 6.39. The zero-order chi connectivity index (χ0) is 13.0. The van der Waals surface area contributed by atoms with Crippen LogP contribution in [0.25, 0.3) is 0 Å². The average molecular weight is 352 g/mol. The SMILES string of the molecule is COCCn1ncc(Br)c1C(N)C1CSCCS1. The lowest BCUT2D eigenvalue weighted by Gasteiger charge is -2.27. The second-order valence-electron chi connectivity index (χ2n) is 4.10. The Bertz CT molecular complexity index is 382. The van der Waals surface area contributed by atoms with Gasteiger partial charge in [-0.25, -0.2) is 0 Å². The van der Waals surface area contributed by atoms with E-state index >= 15 is 0 Å². The van der Waals surface area contributed by atoms with Crippen molar-refractivity contribution >= 4 is 39.5 Å². The molecule has 4 nitrogen and oxygen atoms in total. The smallest absolute Gasteiger partial charge is 0.0706 e. The van der Waals surface area contributed by atoms with Gasteiger partial charge in [0.2, 0.25) is 0 Å². The van der Waals surface area contributed by atoms with Crippen molar-refractivity contribution in [2.45, 2.75) is 17.8 Å². The van der Waals surface area contributed by atoms with E-state index in [1.54, 1.807) is 7.11 Å². The Kier molecular flexibility index (Phi) is 5.88. The third-order valence-electron chi connectivity index (χ3n) is 2.90. The largest absolute Gasteiger partial charge is 0.383 e. The summed E-state index contributed by atoms with van der Waals surface area (Å²) < 4.78 is 8.07. The molecule has 0 radical (unpaired) electrons. The van der Waals surface area contributed by atoms with E-state index in [1.165, 1.54) is 11.5 Å². The first-order chi connectivity index (χ1) is 8.74.